The molecular formula is C17H22N2O2S. The van der Waals surface area contributed by atoms with Gasteiger partial charge in [-0.05, 0) is 43.9 Å². The minimum Gasteiger partial charge on any atom is -0.481 e. The summed E-state index contributed by atoms with van der Waals surface area (Å²) in [6.45, 7) is 4.12. The summed E-state index contributed by atoms with van der Waals surface area (Å²) < 4.78 is 0. The van der Waals surface area contributed by atoms with Crippen LogP contribution in [0.25, 0.3) is 0 Å². The molecule has 0 aliphatic heterocycles. The molecule has 1 aromatic carbocycles. The highest BCUT2D eigenvalue weighted by molar-refractivity contribution is 7.15. The van der Waals surface area contributed by atoms with Gasteiger partial charge in [0.25, 0.3) is 0 Å². The van der Waals surface area contributed by atoms with E-state index in [2.05, 4.69) is 41.5 Å². The topological polar surface area (TPSA) is 62.2 Å². The molecule has 1 heterocycles. The molecule has 5 heteroatoms. The van der Waals surface area contributed by atoms with Crippen LogP contribution < -0.4 is 5.32 Å². The summed E-state index contributed by atoms with van der Waals surface area (Å²) in [6, 6.07) is 8.42. The van der Waals surface area contributed by atoms with Crippen LogP contribution in [0.4, 0.5) is 10.8 Å². The fraction of sp³-hybridized carbons (Fsp3) is 0.412. The highest BCUT2D eigenvalue weighted by Crippen LogP contribution is 2.27. The molecule has 2 rings (SSSR count). The maximum Gasteiger partial charge on any atom is 0.303 e. The Hall–Kier alpha value is -1.88. The Kier molecular flexibility index (Phi) is 5.95. The van der Waals surface area contributed by atoms with Gasteiger partial charge in [0.05, 0.1) is 12.1 Å². The van der Waals surface area contributed by atoms with E-state index < -0.39 is 5.97 Å². The fourth-order valence-electron chi connectivity index (χ4n) is 2.19. The van der Waals surface area contributed by atoms with Crippen LogP contribution in [-0.2, 0) is 17.6 Å². The molecule has 0 aliphatic carbocycles. The van der Waals surface area contributed by atoms with Crippen LogP contribution in [0.1, 0.15) is 42.3 Å². The lowest BCUT2D eigenvalue weighted by Gasteiger charge is -2.04. The number of carboxylic acid groups (broad SMARTS) is 1. The van der Waals surface area contributed by atoms with E-state index in [1.807, 2.05) is 6.92 Å². The number of hydrogen-bond acceptors (Lipinski definition) is 4. The third-order valence-electron chi connectivity index (χ3n) is 3.48. The van der Waals surface area contributed by atoms with Gasteiger partial charge in [-0.1, -0.05) is 25.5 Å². The Balaban J connectivity index is 1.98. The van der Waals surface area contributed by atoms with Gasteiger partial charge >= 0.3 is 5.97 Å². The van der Waals surface area contributed by atoms with Crippen LogP contribution >= 0.6 is 11.3 Å². The van der Waals surface area contributed by atoms with E-state index in [0.29, 0.717) is 6.42 Å². The normalized spacial score (nSPS) is 10.6. The summed E-state index contributed by atoms with van der Waals surface area (Å²) >= 11 is 1.53. The highest BCUT2D eigenvalue weighted by atomic mass is 32.1. The van der Waals surface area contributed by atoms with Gasteiger partial charge in [0, 0.05) is 10.6 Å². The van der Waals surface area contributed by atoms with Gasteiger partial charge in [0.1, 0.15) is 0 Å². The Labute approximate surface area is 135 Å². The predicted molar refractivity (Wildman–Crippen MR) is 91.1 cm³/mol. The molecule has 0 fully saturated rings. The summed E-state index contributed by atoms with van der Waals surface area (Å²) in [4.78, 5) is 16.2. The van der Waals surface area contributed by atoms with Crippen molar-refractivity contribution in [2.24, 2.45) is 0 Å². The number of carboxylic acids is 1. The first kappa shape index (κ1) is 16.5. The van der Waals surface area contributed by atoms with Crippen molar-refractivity contribution < 1.29 is 9.90 Å². The number of aryl methyl sites for hydroxylation is 3. The molecule has 0 saturated carbocycles. The van der Waals surface area contributed by atoms with Gasteiger partial charge in [-0.2, -0.15) is 0 Å². The Morgan fingerprint density at radius 1 is 1.27 bits per heavy atom. The molecule has 4 nitrogen and oxygen atoms in total. The zero-order chi connectivity index (χ0) is 15.9. The van der Waals surface area contributed by atoms with Gasteiger partial charge in [0.15, 0.2) is 5.13 Å². The predicted octanol–water partition coefficient (Wildman–Crippen LogP) is 4.55. The van der Waals surface area contributed by atoms with Crippen molar-refractivity contribution in [1.29, 1.82) is 0 Å². The monoisotopic (exact) mass is 318 g/mol. The summed E-state index contributed by atoms with van der Waals surface area (Å²) in [5.74, 6) is -0.773. The van der Waals surface area contributed by atoms with Gasteiger partial charge in [-0.25, -0.2) is 4.98 Å². The molecule has 2 aromatic rings. The van der Waals surface area contributed by atoms with Crippen molar-refractivity contribution in [3.05, 3.63) is 40.4 Å². The molecule has 0 radical (unpaired) electrons. The lowest BCUT2D eigenvalue weighted by Crippen LogP contribution is -1.96. The number of aliphatic carboxylic acids is 1. The first-order valence-corrected chi connectivity index (χ1v) is 8.44. The molecule has 0 unspecified atom stereocenters. The fourth-order valence-corrected chi connectivity index (χ4v) is 3.18. The number of nitrogens with one attached hydrogen (secondary N) is 1. The first-order valence-electron chi connectivity index (χ1n) is 7.62. The number of thiazole rings is 1. The zero-order valence-corrected chi connectivity index (χ0v) is 13.9. The molecule has 1 aromatic heterocycles. The lowest BCUT2D eigenvalue weighted by atomic mass is 10.1. The van der Waals surface area contributed by atoms with Crippen molar-refractivity contribution in [3.8, 4) is 0 Å². The average Bonchev–Trinajstić information content (AvgIpc) is 2.84. The molecule has 2 N–H and O–H groups in total. The molecular weight excluding hydrogens is 296 g/mol. The number of aromatic nitrogens is 1. The van der Waals surface area contributed by atoms with Gasteiger partial charge in [-0.3, -0.25) is 4.79 Å². The Bertz CT molecular complexity index is 620. The molecule has 22 heavy (non-hydrogen) atoms. The van der Waals surface area contributed by atoms with Crippen molar-refractivity contribution in [2.45, 2.75) is 46.0 Å². The van der Waals surface area contributed by atoms with Crippen LogP contribution in [0.3, 0.4) is 0 Å². The van der Waals surface area contributed by atoms with Crippen molar-refractivity contribution in [2.75, 3.05) is 5.32 Å². The van der Waals surface area contributed by atoms with Gasteiger partial charge < -0.3 is 10.4 Å². The number of rotatable bonds is 8. The van der Waals surface area contributed by atoms with Crippen LogP contribution in [0, 0.1) is 6.92 Å². The Morgan fingerprint density at radius 3 is 2.64 bits per heavy atom. The standard InChI is InChI=1S/C17H22N2O2S/c1-3-4-5-13-6-8-14(9-7-13)19-17-18-12(2)15(22-17)10-11-16(20)21/h6-9H,3-5,10-11H2,1-2H3,(H,18,19)(H,20,21). The van der Waals surface area contributed by atoms with E-state index in [1.54, 1.807) is 0 Å². The minimum absolute atomic E-state index is 0.147. The maximum atomic E-state index is 10.7. The number of unbranched alkanes of at least 4 members (excludes halogenated alkanes) is 1. The van der Waals surface area contributed by atoms with Crippen molar-refractivity contribution in [3.63, 3.8) is 0 Å². The summed E-state index contributed by atoms with van der Waals surface area (Å²) in [5.41, 5.74) is 3.27. The molecule has 0 amide bonds. The van der Waals surface area contributed by atoms with Crippen LogP contribution in [0.5, 0.6) is 0 Å². The van der Waals surface area contributed by atoms with Crippen molar-refractivity contribution >= 4 is 28.1 Å². The van der Waals surface area contributed by atoms with E-state index in [0.717, 1.165) is 27.8 Å². The van der Waals surface area contributed by atoms with Crippen molar-refractivity contribution in [1.82, 2.24) is 4.98 Å². The zero-order valence-electron chi connectivity index (χ0n) is 13.1. The number of anilines is 2. The van der Waals surface area contributed by atoms with E-state index in [9.17, 15) is 4.79 Å². The first-order chi connectivity index (χ1) is 10.6. The number of hydrogen-bond donors (Lipinski definition) is 2. The smallest absolute Gasteiger partial charge is 0.303 e. The maximum absolute atomic E-state index is 10.7. The highest BCUT2D eigenvalue weighted by Gasteiger charge is 2.09. The average molecular weight is 318 g/mol. The van der Waals surface area contributed by atoms with E-state index in [-0.39, 0.29) is 6.42 Å². The molecule has 0 saturated heterocycles. The molecule has 0 aliphatic rings. The second kappa shape index (κ2) is 7.94. The number of carbonyl (C=O) groups is 1. The summed E-state index contributed by atoms with van der Waals surface area (Å²) in [7, 11) is 0. The summed E-state index contributed by atoms with van der Waals surface area (Å²) in [6.07, 6.45) is 4.22. The van der Waals surface area contributed by atoms with Crippen LogP contribution in [0.2, 0.25) is 0 Å². The number of benzene rings is 1. The third kappa shape index (κ3) is 4.84. The summed E-state index contributed by atoms with van der Waals surface area (Å²) in [5, 5.41) is 12.9. The van der Waals surface area contributed by atoms with Crippen LogP contribution in [0.15, 0.2) is 24.3 Å². The molecule has 118 valence electrons. The van der Waals surface area contributed by atoms with Crippen LogP contribution in [-0.4, -0.2) is 16.1 Å². The SMILES string of the molecule is CCCCc1ccc(Nc2nc(C)c(CCC(=O)O)s2)cc1. The molecule has 0 bridgehead atoms. The minimum atomic E-state index is -0.773. The van der Waals surface area contributed by atoms with Gasteiger partial charge in [0.2, 0.25) is 0 Å². The third-order valence-corrected chi connectivity index (χ3v) is 4.62. The molecule has 0 spiro atoms. The van der Waals surface area contributed by atoms with Gasteiger partial charge in [-0.15, -0.1) is 11.3 Å². The second-order valence-electron chi connectivity index (χ2n) is 5.35. The lowest BCUT2D eigenvalue weighted by molar-refractivity contribution is -0.136. The second-order valence-corrected chi connectivity index (χ2v) is 6.43. The van der Waals surface area contributed by atoms with E-state index >= 15 is 0 Å². The number of nitrogens with zero attached hydrogens (tertiary/aromatic N) is 1. The van der Waals surface area contributed by atoms with E-state index in [1.165, 1.54) is 29.7 Å². The largest absolute Gasteiger partial charge is 0.481 e. The Morgan fingerprint density at radius 2 is 2.00 bits per heavy atom. The molecule has 0 atom stereocenters. The quantitative estimate of drug-likeness (QED) is 0.749. The van der Waals surface area contributed by atoms with E-state index in [4.69, 9.17) is 5.11 Å².